The lowest BCUT2D eigenvalue weighted by molar-refractivity contribution is 1.35. The van der Waals surface area contributed by atoms with Crippen molar-refractivity contribution in [2.45, 2.75) is 0 Å². The summed E-state index contributed by atoms with van der Waals surface area (Å²) >= 11 is 5.01. The molecule has 0 radical (unpaired) electrons. The second-order valence-corrected chi connectivity index (χ2v) is 2.94. The summed E-state index contributed by atoms with van der Waals surface area (Å²) in [5.74, 6) is 0. The summed E-state index contributed by atoms with van der Waals surface area (Å²) in [6.07, 6.45) is 0. The number of rotatable bonds is 0. The summed E-state index contributed by atoms with van der Waals surface area (Å²) in [7, 11) is 0. The minimum Gasteiger partial charge on any atom is -0.377 e. The van der Waals surface area contributed by atoms with Crippen molar-refractivity contribution in [3.63, 3.8) is 0 Å². The molecule has 1 aliphatic rings. The molecule has 0 amide bonds. The molecule has 1 heterocycles. The smallest absolute Gasteiger partial charge is 0.0992 e. The predicted molar refractivity (Wildman–Crippen MR) is 51.2 cm³/mol. The molecule has 0 bridgehead atoms. The van der Waals surface area contributed by atoms with Gasteiger partial charge in [-0.15, -0.1) is 0 Å². The first-order chi connectivity index (χ1) is 5.36. The highest BCUT2D eigenvalue weighted by molar-refractivity contribution is 7.80. The number of para-hydroxylation sites is 2. The summed E-state index contributed by atoms with van der Waals surface area (Å²) in [5, 5.41) is 6.34. The third-order valence-corrected chi connectivity index (χ3v) is 1.89. The van der Waals surface area contributed by atoms with Gasteiger partial charge in [-0.05, 0) is 12.1 Å². The van der Waals surface area contributed by atoms with Crippen molar-refractivity contribution in [3.05, 3.63) is 24.3 Å². The molecule has 0 saturated heterocycles. The molecule has 0 aromatic heterocycles. The molecule has 0 spiro atoms. The van der Waals surface area contributed by atoms with E-state index >= 15 is 0 Å². The fourth-order valence-corrected chi connectivity index (χ4v) is 1.30. The van der Waals surface area contributed by atoms with Crippen molar-refractivity contribution < 1.29 is 0 Å². The standard InChI is InChI=1S/C8H8N2S/c11-8-5-9-6-3-1-2-4-7(6)10-8/h1-4,9H,5H2,(H,10,11). The van der Waals surface area contributed by atoms with Gasteiger partial charge < -0.3 is 10.6 Å². The molecule has 2 rings (SSSR count). The molecule has 2 nitrogen and oxygen atoms in total. The second-order valence-electron chi connectivity index (χ2n) is 2.45. The van der Waals surface area contributed by atoms with Gasteiger partial charge in [0.05, 0.1) is 22.9 Å². The number of benzene rings is 1. The highest BCUT2D eigenvalue weighted by atomic mass is 32.1. The van der Waals surface area contributed by atoms with Crippen LogP contribution in [0.25, 0.3) is 0 Å². The Balaban J connectivity index is 2.41. The molecular formula is C8H8N2S. The van der Waals surface area contributed by atoms with E-state index in [1.807, 2.05) is 24.3 Å². The van der Waals surface area contributed by atoms with Crippen LogP contribution in [0.2, 0.25) is 0 Å². The van der Waals surface area contributed by atoms with Crippen LogP contribution in [0, 0.1) is 0 Å². The summed E-state index contributed by atoms with van der Waals surface area (Å²) in [4.78, 5) is 0.851. The minimum atomic E-state index is 0.742. The van der Waals surface area contributed by atoms with E-state index in [-0.39, 0.29) is 0 Å². The number of nitrogens with one attached hydrogen (secondary N) is 2. The molecule has 0 aliphatic carbocycles. The number of hydrogen-bond acceptors (Lipinski definition) is 2. The molecule has 0 fully saturated rings. The van der Waals surface area contributed by atoms with Crippen molar-refractivity contribution in [2.24, 2.45) is 0 Å². The number of fused-ring (bicyclic) bond motifs is 1. The Hall–Kier alpha value is -1.09. The van der Waals surface area contributed by atoms with Gasteiger partial charge in [-0.1, -0.05) is 24.4 Å². The van der Waals surface area contributed by atoms with Crippen LogP contribution in [-0.2, 0) is 0 Å². The zero-order valence-electron chi connectivity index (χ0n) is 5.92. The maximum Gasteiger partial charge on any atom is 0.0992 e. The second kappa shape index (κ2) is 2.51. The van der Waals surface area contributed by atoms with Gasteiger partial charge in [0, 0.05) is 0 Å². The molecule has 11 heavy (non-hydrogen) atoms. The Labute approximate surface area is 70.6 Å². The minimum absolute atomic E-state index is 0.742. The van der Waals surface area contributed by atoms with Crippen molar-refractivity contribution in [1.29, 1.82) is 0 Å². The van der Waals surface area contributed by atoms with E-state index in [0.29, 0.717) is 0 Å². The van der Waals surface area contributed by atoms with Crippen LogP contribution in [0.5, 0.6) is 0 Å². The first-order valence-corrected chi connectivity index (χ1v) is 3.90. The van der Waals surface area contributed by atoms with Gasteiger partial charge in [0.25, 0.3) is 0 Å². The maximum atomic E-state index is 5.01. The van der Waals surface area contributed by atoms with Crippen LogP contribution in [-0.4, -0.2) is 11.5 Å². The Morgan fingerprint density at radius 2 is 1.91 bits per heavy atom. The van der Waals surface area contributed by atoms with Gasteiger partial charge >= 0.3 is 0 Å². The Kier molecular flexibility index (Phi) is 1.51. The monoisotopic (exact) mass is 164 g/mol. The van der Waals surface area contributed by atoms with E-state index < -0.39 is 0 Å². The summed E-state index contributed by atoms with van der Waals surface area (Å²) in [6.45, 7) is 0.742. The van der Waals surface area contributed by atoms with Crippen LogP contribution in [0.15, 0.2) is 24.3 Å². The van der Waals surface area contributed by atoms with E-state index in [1.165, 1.54) is 0 Å². The lowest BCUT2D eigenvalue weighted by Gasteiger charge is -2.19. The van der Waals surface area contributed by atoms with Crippen molar-refractivity contribution in [1.82, 2.24) is 0 Å². The first-order valence-electron chi connectivity index (χ1n) is 3.49. The molecule has 0 unspecified atom stereocenters. The van der Waals surface area contributed by atoms with Crippen LogP contribution in [0.1, 0.15) is 0 Å². The topological polar surface area (TPSA) is 24.1 Å². The average Bonchev–Trinajstić information content (AvgIpc) is 2.04. The molecule has 2 N–H and O–H groups in total. The Bertz CT molecular complexity index is 296. The predicted octanol–water partition coefficient (Wildman–Crippen LogP) is 1.85. The quantitative estimate of drug-likeness (QED) is 0.572. The zero-order chi connectivity index (χ0) is 7.68. The lowest BCUT2D eigenvalue weighted by Crippen LogP contribution is -2.25. The molecule has 56 valence electrons. The molecule has 1 aromatic rings. The molecule has 0 saturated carbocycles. The number of anilines is 2. The fraction of sp³-hybridized carbons (Fsp3) is 0.125. The highest BCUT2D eigenvalue weighted by Gasteiger charge is 2.08. The lowest BCUT2D eigenvalue weighted by atomic mass is 10.2. The van der Waals surface area contributed by atoms with E-state index in [2.05, 4.69) is 10.6 Å². The van der Waals surface area contributed by atoms with E-state index in [1.54, 1.807) is 0 Å². The van der Waals surface area contributed by atoms with Gasteiger partial charge in [0.1, 0.15) is 0 Å². The molecule has 3 heteroatoms. The van der Waals surface area contributed by atoms with E-state index in [0.717, 1.165) is 22.9 Å². The zero-order valence-corrected chi connectivity index (χ0v) is 6.74. The van der Waals surface area contributed by atoms with E-state index in [4.69, 9.17) is 12.2 Å². The largest absolute Gasteiger partial charge is 0.377 e. The summed E-state index contributed by atoms with van der Waals surface area (Å²) in [5.41, 5.74) is 2.20. The number of thiocarbonyl (C=S) groups is 1. The SMILES string of the molecule is S=C1CNc2ccccc2N1. The van der Waals surface area contributed by atoms with Gasteiger partial charge in [0.15, 0.2) is 0 Å². The van der Waals surface area contributed by atoms with Crippen LogP contribution >= 0.6 is 12.2 Å². The Morgan fingerprint density at radius 1 is 1.18 bits per heavy atom. The van der Waals surface area contributed by atoms with Crippen molar-refractivity contribution in [2.75, 3.05) is 17.2 Å². The highest BCUT2D eigenvalue weighted by Crippen LogP contribution is 2.23. The van der Waals surface area contributed by atoms with Gasteiger partial charge in [0.2, 0.25) is 0 Å². The maximum absolute atomic E-state index is 5.01. The van der Waals surface area contributed by atoms with Crippen molar-refractivity contribution >= 4 is 28.6 Å². The molecule has 0 atom stereocenters. The third-order valence-electron chi connectivity index (χ3n) is 1.64. The van der Waals surface area contributed by atoms with Gasteiger partial charge in [-0.25, -0.2) is 0 Å². The van der Waals surface area contributed by atoms with Crippen LogP contribution in [0.3, 0.4) is 0 Å². The molecule has 1 aromatic carbocycles. The van der Waals surface area contributed by atoms with Crippen LogP contribution in [0.4, 0.5) is 11.4 Å². The molecular weight excluding hydrogens is 156 g/mol. The normalized spacial score (nSPS) is 14.7. The Morgan fingerprint density at radius 3 is 2.73 bits per heavy atom. The van der Waals surface area contributed by atoms with Crippen LogP contribution < -0.4 is 10.6 Å². The van der Waals surface area contributed by atoms with Crippen molar-refractivity contribution in [3.8, 4) is 0 Å². The summed E-state index contributed by atoms with van der Waals surface area (Å²) in [6, 6.07) is 8.03. The average molecular weight is 164 g/mol. The first kappa shape index (κ1) is 6.61. The fourth-order valence-electron chi connectivity index (χ4n) is 1.12. The number of hydrogen-bond donors (Lipinski definition) is 2. The molecule has 1 aliphatic heterocycles. The van der Waals surface area contributed by atoms with E-state index in [9.17, 15) is 0 Å². The summed E-state index contributed by atoms with van der Waals surface area (Å²) < 4.78 is 0. The third kappa shape index (κ3) is 1.19. The van der Waals surface area contributed by atoms with Gasteiger partial charge in [-0.2, -0.15) is 0 Å². The van der Waals surface area contributed by atoms with Gasteiger partial charge in [-0.3, -0.25) is 0 Å².